The van der Waals surface area contributed by atoms with Gasteiger partial charge in [-0.2, -0.15) is 0 Å². The summed E-state index contributed by atoms with van der Waals surface area (Å²) in [6, 6.07) is 0. The molecule has 0 aliphatic heterocycles. The van der Waals surface area contributed by atoms with Crippen LogP contribution in [-0.4, -0.2) is 69.2 Å². The van der Waals surface area contributed by atoms with Crippen molar-refractivity contribution in [2.75, 3.05) is 37.1 Å². The monoisotopic (exact) mass is 983 g/mol. The van der Waals surface area contributed by atoms with Gasteiger partial charge in [0.15, 0.2) is 0 Å². The third-order valence-corrected chi connectivity index (χ3v) is 49.4. The molecule has 0 rings (SSSR count). The number of hydrogen-bond acceptors (Lipinski definition) is 9. The summed E-state index contributed by atoms with van der Waals surface area (Å²) >= 11 is -3.43. The van der Waals surface area contributed by atoms with Gasteiger partial charge in [0.2, 0.25) is 0 Å². The fourth-order valence-corrected chi connectivity index (χ4v) is 40.5. The maximum absolute atomic E-state index is 13.1. The van der Waals surface area contributed by atoms with E-state index >= 15 is 0 Å². The SMILES string of the molecule is CCCCCCCCCCC[CH2][Sn]([S]CC(=O)OCCCCCCCCCC)([S]CC(=O)OCCCCCCCCCC)[S]CC(=O)OCCCCCCCCCC. The Morgan fingerprint density at radius 3 is 0.759 bits per heavy atom. The molecule has 344 valence electrons. The molecule has 0 N–H and O–H groups in total. The summed E-state index contributed by atoms with van der Waals surface area (Å²) in [5.41, 5.74) is 0. The van der Waals surface area contributed by atoms with E-state index in [9.17, 15) is 14.4 Å². The zero-order valence-electron chi connectivity index (χ0n) is 38.7. The van der Waals surface area contributed by atoms with E-state index in [2.05, 4.69) is 27.7 Å². The Hall–Kier alpha value is 0.259. The van der Waals surface area contributed by atoms with Crippen LogP contribution in [0.4, 0.5) is 0 Å². The van der Waals surface area contributed by atoms with Crippen LogP contribution < -0.4 is 0 Å². The van der Waals surface area contributed by atoms with E-state index in [4.69, 9.17) is 14.2 Å². The molecule has 0 heterocycles. The molecule has 0 aromatic rings. The molecule has 0 saturated heterocycles. The Balaban J connectivity index is 5.31. The van der Waals surface area contributed by atoms with E-state index in [0.29, 0.717) is 37.1 Å². The van der Waals surface area contributed by atoms with Gasteiger partial charge in [-0.05, 0) is 0 Å². The molecule has 0 fully saturated rings. The molecule has 0 spiro atoms. The summed E-state index contributed by atoms with van der Waals surface area (Å²) in [4.78, 5) is 39.3. The third-order valence-electron chi connectivity index (χ3n) is 10.8. The summed E-state index contributed by atoms with van der Waals surface area (Å²) in [7, 11) is 5.26. The van der Waals surface area contributed by atoms with E-state index in [1.54, 1.807) is 26.8 Å². The first-order valence-electron chi connectivity index (χ1n) is 24.8. The molecule has 0 unspecified atom stereocenters. The number of esters is 3. The minimum atomic E-state index is -3.43. The Morgan fingerprint density at radius 2 is 0.517 bits per heavy atom. The summed E-state index contributed by atoms with van der Waals surface area (Å²) in [6.07, 6.45) is 41.7. The fraction of sp³-hybridized carbons (Fsp3) is 0.938. The zero-order chi connectivity index (χ0) is 42.5. The molecule has 58 heavy (non-hydrogen) atoms. The molecule has 10 heteroatoms. The van der Waals surface area contributed by atoms with Gasteiger partial charge in [0, 0.05) is 0 Å². The number of rotatable bonds is 47. The normalized spacial score (nSPS) is 11.6. The van der Waals surface area contributed by atoms with Crippen LogP contribution in [0.3, 0.4) is 0 Å². The van der Waals surface area contributed by atoms with E-state index in [0.717, 1.165) is 55.8 Å². The molecule has 0 aromatic carbocycles. The molecule has 0 aliphatic rings. The fourth-order valence-electron chi connectivity index (χ4n) is 7.07. The van der Waals surface area contributed by atoms with E-state index < -0.39 is 14.2 Å². The minimum absolute atomic E-state index is 0.159. The standard InChI is InChI=1S/3C12H24O2S.C12H25.Sn/c3*1-2-3-4-5-6-7-8-9-10-14-12(13)11-15;1-3-5-7-9-11-12-10-8-6-4-2;/h3*15H,2-11H2,1H3;1,3-12H2,2H3;/q;;;;+3/p-3. The molecule has 0 amide bonds. The van der Waals surface area contributed by atoms with Crippen molar-refractivity contribution in [2.45, 2.75) is 250 Å². The van der Waals surface area contributed by atoms with Crippen molar-refractivity contribution < 1.29 is 28.6 Å². The van der Waals surface area contributed by atoms with Gasteiger partial charge in [-0.3, -0.25) is 0 Å². The predicted molar refractivity (Wildman–Crippen MR) is 260 cm³/mol. The van der Waals surface area contributed by atoms with Gasteiger partial charge in [-0.15, -0.1) is 0 Å². The maximum atomic E-state index is 13.1. The van der Waals surface area contributed by atoms with Crippen molar-refractivity contribution in [1.29, 1.82) is 0 Å². The molecule has 6 nitrogen and oxygen atoms in total. The van der Waals surface area contributed by atoms with Gasteiger partial charge in [0.1, 0.15) is 0 Å². The van der Waals surface area contributed by atoms with Gasteiger partial charge in [0.05, 0.1) is 0 Å². The molecular weight excluding hydrogens is 887 g/mol. The smallest absolute Gasteiger partial charge is 0.0654 e. The molecular formula is C48H94O6S3Sn. The van der Waals surface area contributed by atoms with Crippen LogP contribution >= 0.6 is 26.8 Å². The van der Waals surface area contributed by atoms with Gasteiger partial charge < -0.3 is 0 Å². The van der Waals surface area contributed by atoms with Gasteiger partial charge in [-0.25, -0.2) is 0 Å². The Kier molecular flexibility index (Phi) is 47.0. The first-order chi connectivity index (χ1) is 28.4. The van der Waals surface area contributed by atoms with Crippen molar-refractivity contribution in [1.82, 2.24) is 0 Å². The third kappa shape index (κ3) is 41.6. The average molecular weight is 982 g/mol. The van der Waals surface area contributed by atoms with Crippen molar-refractivity contribution in [3.63, 3.8) is 0 Å². The number of carbonyl (C=O) groups excluding carboxylic acids is 3. The van der Waals surface area contributed by atoms with E-state index in [1.807, 2.05) is 0 Å². The van der Waals surface area contributed by atoms with Crippen LogP contribution in [0.1, 0.15) is 246 Å². The molecule has 0 radical (unpaired) electrons. The Morgan fingerprint density at radius 1 is 0.310 bits per heavy atom. The van der Waals surface area contributed by atoms with Crippen LogP contribution in [0.5, 0.6) is 0 Å². The Labute approximate surface area is 372 Å². The quantitative estimate of drug-likeness (QED) is 0.0256. The van der Waals surface area contributed by atoms with Gasteiger partial charge >= 0.3 is 335 Å². The summed E-state index contributed by atoms with van der Waals surface area (Å²) in [6.45, 7) is 10.4. The van der Waals surface area contributed by atoms with Gasteiger partial charge in [0.25, 0.3) is 0 Å². The molecule has 0 aromatic heterocycles. The first kappa shape index (κ1) is 58.3. The van der Waals surface area contributed by atoms with Crippen LogP contribution in [0, 0.1) is 0 Å². The summed E-state index contributed by atoms with van der Waals surface area (Å²) in [5.74, 6) is 0.413. The van der Waals surface area contributed by atoms with E-state index in [-0.39, 0.29) is 17.9 Å². The first-order valence-corrected chi connectivity index (χ1v) is 40.3. The number of hydrogen-bond donors (Lipinski definition) is 0. The minimum Gasteiger partial charge on any atom is -0.0654 e. The second kappa shape index (κ2) is 46.8. The summed E-state index contributed by atoms with van der Waals surface area (Å²) in [5, 5.41) is 0. The number of carbonyl (C=O) groups is 3. The molecule has 0 atom stereocenters. The van der Waals surface area contributed by atoms with Crippen LogP contribution in [0.15, 0.2) is 0 Å². The molecule has 0 aliphatic carbocycles. The summed E-state index contributed by atoms with van der Waals surface area (Å²) < 4.78 is 18.2. The van der Waals surface area contributed by atoms with Crippen LogP contribution in [0.25, 0.3) is 0 Å². The van der Waals surface area contributed by atoms with Crippen molar-refractivity contribution >= 4 is 59.0 Å². The van der Waals surface area contributed by atoms with Crippen molar-refractivity contribution in [2.24, 2.45) is 0 Å². The topological polar surface area (TPSA) is 78.9 Å². The second-order valence-corrected chi connectivity index (χ2v) is 50.3. The van der Waals surface area contributed by atoms with E-state index in [1.165, 1.54) is 167 Å². The zero-order valence-corrected chi connectivity index (χ0v) is 44.0. The average Bonchev–Trinajstić information content (AvgIpc) is 3.22. The molecule has 0 saturated carbocycles. The van der Waals surface area contributed by atoms with Gasteiger partial charge in [-0.1, -0.05) is 40.0 Å². The number of unbranched alkanes of at least 4 members (excludes halogenated alkanes) is 30. The van der Waals surface area contributed by atoms with Crippen LogP contribution in [-0.2, 0) is 28.6 Å². The van der Waals surface area contributed by atoms with Crippen molar-refractivity contribution in [3.05, 3.63) is 0 Å². The predicted octanol–water partition coefficient (Wildman–Crippen LogP) is 16.1. The molecule has 0 bridgehead atoms. The number of ether oxygens (including phenoxy) is 3. The Bertz CT molecular complexity index is 818. The van der Waals surface area contributed by atoms with Crippen molar-refractivity contribution in [3.8, 4) is 0 Å². The van der Waals surface area contributed by atoms with Crippen LogP contribution in [0.2, 0.25) is 4.44 Å². The second-order valence-electron chi connectivity index (χ2n) is 16.6.